The normalized spacial score (nSPS) is 17.9. The van der Waals surface area contributed by atoms with E-state index in [1.165, 1.54) is 10.9 Å². The van der Waals surface area contributed by atoms with E-state index >= 15 is 0 Å². The molecular formula is C12H18N4O3. The molecule has 0 aromatic carbocycles. The predicted octanol–water partition coefficient (Wildman–Crippen LogP) is 0.580. The number of carboxylic acid groups (broad SMARTS) is 1. The van der Waals surface area contributed by atoms with Gasteiger partial charge in [-0.15, -0.1) is 5.10 Å². The summed E-state index contributed by atoms with van der Waals surface area (Å²) in [5, 5.41) is 19.4. The first-order valence-electron chi connectivity index (χ1n) is 6.41. The quantitative estimate of drug-likeness (QED) is 0.830. The monoisotopic (exact) mass is 266 g/mol. The van der Waals surface area contributed by atoms with Gasteiger partial charge in [-0.3, -0.25) is 14.3 Å². The van der Waals surface area contributed by atoms with Gasteiger partial charge in [0.1, 0.15) is 0 Å². The first kappa shape index (κ1) is 13.5. The fourth-order valence-corrected chi connectivity index (χ4v) is 2.49. The van der Waals surface area contributed by atoms with Crippen molar-refractivity contribution in [2.75, 3.05) is 6.54 Å². The number of aryl methyl sites for hydroxylation is 1. The van der Waals surface area contributed by atoms with Crippen molar-refractivity contribution < 1.29 is 14.7 Å². The van der Waals surface area contributed by atoms with Crippen LogP contribution in [0, 0.1) is 5.41 Å². The summed E-state index contributed by atoms with van der Waals surface area (Å²) in [4.78, 5) is 23.3. The van der Waals surface area contributed by atoms with Crippen molar-refractivity contribution in [3.63, 3.8) is 0 Å². The molecule has 1 aliphatic rings. The molecule has 0 radical (unpaired) electrons. The van der Waals surface area contributed by atoms with Crippen molar-refractivity contribution in [2.45, 2.75) is 32.1 Å². The van der Waals surface area contributed by atoms with Crippen LogP contribution < -0.4 is 5.32 Å². The Bertz CT molecular complexity index is 477. The van der Waals surface area contributed by atoms with Crippen LogP contribution in [0.15, 0.2) is 6.20 Å². The number of carbonyl (C=O) groups is 2. The summed E-state index contributed by atoms with van der Waals surface area (Å²) in [6.07, 6.45) is 5.59. The molecule has 0 saturated heterocycles. The molecule has 1 heterocycles. The lowest BCUT2D eigenvalue weighted by Crippen LogP contribution is -2.44. The number of nitrogens with zero attached hydrogens (tertiary/aromatic N) is 3. The Labute approximate surface area is 111 Å². The zero-order chi connectivity index (χ0) is 13.9. The van der Waals surface area contributed by atoms with E-state index in [4.69, 9.17) is 0 Å². The van der Waals surface area contributed by atoms with Crippen LogP contribution in [0.25, 0.3) is 0 Å². The Morgan fingerprint density at radius 2 is 2.11 bits per heavy atom. The van der Waals surface area contributed by atoms with E-state index in [1.807, 2.05) is 0 Å². The number of carboxylic acids is 1. The van der Waals surface area contributed by atoms with Gasteiger partial charge in [0.05, 0.1) is 11.6 Å². The number of aromatic nitrogens is 3. The van der Waals surface area contributed by atoms with Gasteiger partial charge in [0.15, 0.2) is 5.69 Å². The Morgan fingerprint density at radius 1 is 1.42 bits per heavy atom. The highest BCUT2D eigenvalue weighted by Gasteiger charge is 2.39. The number of rotatable bonds is 4. The lowest BCUT2D eigenvalue weighted by molar-refractivity contribution is -0.150. The van der Waals surface area contributed by atoms with Gasteiger partial charge in [-0.05, 0) is 12.8 Å². The maximum absolute atomic E-state index is 11.8. The molecule has 0 bridgehead atoms. The largest absolute Gasteiger partial charge is 0.481 e. The summed E-state index contributed by atoms with van der Waals surface area (Å²) in [6, 6.07) is 0. The van der Waals surface area contributed by atoms with Gasteiger partial charge in [0.2, 0.25) is 0 Å². The summed E-state index contributed by atoms with van der Waals surface area (Å²) in [5.41, 5.74) is -0.616. The number of hydrogen-bond donors (Lipinski definition) is 2. The maximum Gasteiger partial charge on any atom is 0.311 e. The molecule has 2 rings (SSSR count). The Kier molecular flexibility index (Phi) is 3.82. The van der Waals surface area contributed by atoms with E-state index in [-0.39, 0.29) is 18.1 Å². The molecule has 7 heteroatoms. The first-order valence-corrected chi connectivity index (χ1v) is 6.41. The highest BCUT2D eigenvalue weighted by Crippen LogP contribution is 2.36. The third-order valence-corrected chi connectivity index (χ3v) is 3.69. The van der Waals surface area contributed by atoms with Crippen LogP contribution in [-0.2, 0) is 11.8 Å². The summed E-state index contributed by atoms with van der Waals surface area (Å²) in [7, 11) is 1.67. The van der Waals surface area contributed by atoms with Crippen LogP contribution in [0.5, 0.6) is 0 Å². The Hall–Kier alpha value is -1.92. The third kappa shape index (κ3) is 2.91. The van der Waals surface area contributed by atoms with Gasteiger partial charge in [0, 0.05) is 13.6 Å². The second kappa shape index (κ2) is 5.38. The van der Waals surface area contributed by atoms with E-state index in [2.05, 4.69) is 15.6 Å². The molecule has 1 fully saturated rings. The van der Waals surface area contributed by atoms with Gasteiger partial charge in [-0.2, -0.15) is 0 Å². The van der Waals surface area contributed by atoms with Crippen molar-refractivity contribution in [2.24, 2.45) is 12.5 Å². The van der Waals surface area contributed by atoms with Gasteiger partial charge in [0.25, 0.3) is 5.91 Å². The number of carbonyl (C=O) groups excluding carboxylic acids is 1. The van der Waals surface area contributed by atoms with Crippen LogP contribution in [0.3, 0.4) is 0 Å². The van der Waals surface area contributed by atoms with Crippen LogP contribution in [0.2, 0.25) is 0 Å². The minimum Gasteiger partial charge on any atom is -0.481 e. The lowest BCUT2D eigenvalue weighted by atomic mass is 9.74. The average molecular weight is 266 g/mol. The SMILES string of the molecule is Cn1cc(C(=O)NCC2(C(=O)O)CCCCC2)nn1. The van der Waals surface area contributed by atoms with Crippen LogP contribution in [0.4, 0.5) is 0 Å². The third-order valence-electron chi connectivity index (χ3n) is 3.69. The van der Waals surface area contributed by atoms with Crippen LogP contribution in [-0.4, -0.2) is 38.5 Å². The second-order valence-corrected chi connectivity index (χ2v) is 5.11. The molecule has 104 valence electrons. The molecule has 2 N–H and O–H groups in total. The molecule has 1 aromatic heterocycles. The van der Waals surface area contributed by atoms with Gasteiger partial charge < -0.3 is 10.4 Å². The van der Waals surface area contributed by atoms with Crippen LogP contribution >= 0.6 is 0 Å². The standard InChI is InChI=1S/C12H18N4O3/c1-16-7-9(14-15-16)10(17)13-8-12(11(18)19)5-3-2-4-6-12/h7H,2-6,8H2,1H3,(H,13,17)(H,18,19). The Morgan fingerprint density at radius 3 is 2.63 bits per heavy atom. The van der Waals surface area contributed by atoms with E-state index < -0.39 is 11.4 Å². The zero-order valence-corrected chi connectivity index (χ0v) is 10.9. The van der Waals surface area contributed by atoms with E-state index in [9.17, 15) is 14.7 Å². The van der Waals surface area contributed by atoms with E-state index in [0.29, 0.717) is 12.8 Å². The average Bonchev–Trinajstić information content (AvgIpc) is 2.83. The topological polar surface area (TPSA) is 97.1 Å². The summed E-state index contributed by atoms with van der Waals surface area (Å²) >= 11 is 0. The van der Waals surface area contributed by atoms with Crippen molar-refractivity contribution >= 4 is 11.9 Å². The molecule has 1 saturated carbocycles. The second-order valence-electron chi connectivity index (χ2n) is 5.11. The first-order chi connectivity index (χ1) is 9.03. The molecule has 1 aliphatic carbocycles. The molecule has 19 heavy (non-hydrogen) atoms. The van der Waals surface area contributed by atoms with Crippen molar-refractivity contribution in [1.29, 1.82) is 0 Å². The van der Waals surface area contributed by atoms with Gasteiger partial charge >= 0.3 is 5.97 Å². The molecule has 0 aliphatic heterocycles. The predicted molar refractivity (Wildman–Crippen MR) is 66.5 cm³/mol. The molecule has 7 nitrogen and oxygen atoms in total. The molecule has 1 amide bonds. The smallest absolute Gasteiger partial charge is 0.311 e. The highest BCUT2D eigenvalue weighted by molar-refractivity contribution is 5.92. The van der Waals surface area contributed by atoms with E-state index in [0.717, 1.165) is 19.3 Å². The van der Waals surface area contributed by atoms with Crippen molar-refractivity contribution in [3.8, 4) is 0 Å². The minimum atomic E-state index is -0.827. The molecule has 0 atom stereocenters. The summed E-state index contributed by atoms with van der Waals surface area (Å²) in [5.74, 6) is -1.20. The van der Waals surface area contributed by atoms with Gasteiger partial charge in [-0.25, -0.2) is 0 Å². The molecule has 1 aromatic rings. The number of hydrogen-bond acceptors (Lipinski definition) is 4. The summed E-state index contributed by atoms with van der Waals surface area (Å²) in [6.45, 7) is 0.151. The summed E-state index contributed by atoms with van der Waals surface area (Å²) < 4.78 is 1.43. The van der Waals surface area contributed by atoms with E-state index in [1.54, 1.807) is 7.05 Å². The van der Waals surface area contributed by atoms with Gasteiger partial charge in [-0.1, -0.05) is 24.5 Å². The Balaban J connectivity index is 1.99. The fourth-order valence-electron chi connectivity index (χ4n) is 2.49. The zero-order valence-electron chi connectivity index (χ0n) is 10.9. The number of aliphatic carboxylic acids is 1. The van der Waals surface area contributed by atoms with Crippen LogP contribution in [0.1, 0.15) is 42.6 Å². The number of nitrogens with one attached hydrogen (secondary N) is 1. The highest BCUT2D eigenvalue weighted by atomic mass is 16.4. The molecule has 0 spiro atoms. The van der Waals surface area contributed by atoms with Crippen molar-refractivity contribution in [3.05, 3.63) is 11.9 Å². The maximum atomic E-state index is 11.8. The number of amides is 1. The molecular weight excluding hydrogens is 248 g/mol. The molecule has 0 unspecified atom stereocenters. The minimum absolute atomic E-state index is 0.151. The van der Waals surface area contributed by atoms with Crippen molar-refractivity contribution in [1.82, 2.24) is 20.3 Å². The lowest BCUT2D eigenvalue weighted by Gasteiger charge is -2.33. The fraction of sp³-hybridized carbons (Fsp3) is 0.667.